The number of amides is 4. The molecule has 0 spiro atoms. The molecule has 2 aliphatic heterocycles. The van der Waals surface area contributed by atoms with Crippen LogP contribution in [0.5, 0.6) is 11.5 Å². The molecule has 0 saturated heterocycles. The van der Waals surface area contributed by atoms with E-state index in [1.165, 1.54) is 0 Å². The van der Waals surface area contributed by atoms with Crippen LogP contribution in [0.2, 0.25) is 0 Å². The smallest absolute Gasteiger partial charge is 0.257 e. The molecule has 0 bridgehead atoms. The maximum absolute atomic E-state index is 12.7. The van der Waals surface area contributed by atoms with Crippen LogP contribution in [-0.2, 0) is 19.2 Å². The van der Waals surface area contributed by atoms with Crippen molar-refractivity contribution < 1.29 is 28.7 Å². The summed E-state index contributed by atoms with van der Waals surface area (Å²) >= 11 is 0. The average Bonchev–Trinajstić information content (AvgIpc) is 2.96. The summed E-state index contributed by atoms with van der Waals surface area (Å²) in [6, 6.07) is 11.8. The van der Waals surface area contributed by atoms with E-state index in [2.05, 4.69) is 31.1 Å². The third kappa shape index (κ3) is 7.00. The second-order valence-corrected chi connectivity index (χ2v) is 9.55. The number of carbonyl (C=O) groups excluding carboxylic acids is 4. The zero-order valence-corrected chi connectivity index (χ0v) is 23.8. The molecule has 2 N–H and O–H groups in total. The standard InChI is InChI=1S/C30H32N6O6/c1-5-41-21-11-7-19(8-12-21)33-35-25-17(3)23(27(37)31-29(25)39)15-16-24-18(4)26(30(40)32-28(24)38)36-34-20-9-13-22(14-10-20)42-6-2/h7-14,25-26H,5-6,15-16H2,1-4H3,(H,31,37,39)(H,32,38,40). The largest absolute Gasteiger partial charge is 0.494 e. The molecule has 2 unspecified atom stereocenters. The van der Waals surface area contributed by atoms with Gasteiger partial charge in [-0.2, -0.15) is 20.5 Å². The predicted molar refractivity (Wildman–Crippen MR) is 153 cm³/mol. The Labute approximate surface area is 243 Å². The van der Waals surface area contributed by atoms with Crippen LogP contribution < -0.4 is 20.1 Å². The number of azo groups is 2. The topological polar surface area (TPSA) is 160 Å². The Morgan fingerprint density at radius 1 is 0.619 bits per heavy atom. The zero-order chi connectivity index (χ0) is 30.2. The van der Waals surface area contributed by atoms with Crippen molar-refractivity contribution in [1.82, 2.24) is 10.6 Å². The minimum atomic E-state index is -1.00. The lowest BCUT2D eigenvalue weighted by Gasteiger charge is -2.24. The Morgan fingerprint density at radius 2 is 0.976 bits per heavy atom. The van der Waals surface area contributed by atoms with Gasteiger partial charge in [-0.15, -0.1) is 0 Å². The van der Waals surface area contributed by atoms with E-state index in [4.69, 9.17) is 9.47 Å². The summed E-state index contributed by atoms with van der Waals surface area (Å²) in [6.07, 6.45) is 0.272. The van der Waals surface area contributed by atoms with Crippen molar-refractivity contribution >= 4 is 35.0 Å². The molecule has 42 heavy (non-hydrogen) atoms. The Morgan fingerprint density at radius 3 is 1.31 bits per heavy atom. The molecule has 12 heteroatoms. The van der Waals surface area contributed by atoms with Gasteiger partial charge in [-0.1, -0.05) is 0 Å². The van der Waals surface area contributed by atoms with Crippen molar-refractivity contribution in [3.8, 4) is 11.5 Å². The van der Waals surface area contributed by atoms with E-state index in [-0.39, 0.29) is 12.8 Å². The van der Waals surface area contributed by atoms with E-state index < -0.39 is 35.7 Å². The molecular weight excluding hydrogens is 540 g/mol. The minimum Gasteiger partial charge on any atom is -0.494 e. The molecule has 218 valence electrons. The Hall–Kier alpha value is -5.00. The molecule has 2 atom stereocenters. The summed E-state index contributed by atoms with van der Waals surface area (Å²) < 4.78 is 10.8. The molecule has 0 fully saturated rings. The van der Waals surface area contributed by atoms with Gasteiger partial charge in [0, 0.05) is 11.1 Å². The molecule has 2 heterocycles. The van der Waals surface area contributed by atoms with Crippen LogP contribution in [0.25, 0.3) is 0 Å². The molecule has 12 nitrogen and oxygen atoms in total. The first-order chi connectivity index (χ1) is 20.2. The van der Waals surface area contributed by atoms with Crippen LogP contribution in [0.4, 0.5) is 11.4 Å². The van der Waals surface area contributed by atoms with Crippen LogP contribution in [0.15, 0.2) is 91.3 Å². The number of nitrogens with one attached hydrogen (secondary N) is 2. The number of imide groups is 2. The molecule has 2 aliphatic rings. The van der Waals surface area contributed by atoms with Gasteiger partial charge in [0.2, 0.25) is 0 Å². The highest BCUT2D eigenvalue weighted by atomic mass is 16.5. The van der Waals surface area contributed by atoms with E-state index in [1.54, 1.807) is 62.4 Å². The summed E-state index contributed by atoms with van der Waals surface area (Å²) in [5.41, 5.74) is 2.57. The maximum Gasteiger partial charge on any atom is 0.257 e. The van der Waals surface area contributed by atoms with Gasteiger partial charge in [0.1, 0.15) is 11.5 Å². The number of hydrogen-bond donors (Lipinski definition) is 2. The van der Waals surface area contributed by atoms with Crippen molar-refractivity contribution in [2.75, 3.05) is 13.2 Å². The molecule has 0 aromatic heterocycles. The van der Waals surface area contributed by atoms with Crippen molar-refractivity contribution in [3.05, 3.63) is 70.8 Å². The predicted octanol–water partition coefficient (Wildman–Crippen LogP) is 4.81. The molecule has 0 aliphatic carbocycles. The quantitative estimate of drug-likeness (QED) is 0.290. The number of rotatable bonds is 11. The molecule has 2 aromatic rings. The first-order valence-electron chi connectivity index (χ1n) is 13.6. The number of nitrogens with zero attached hydrogens (tertiary/aromatic N) is 4. The van der Waals surface area contributed by atoms with Gasteiger partial charge in [-0.25, -0.2) is 0 Å². The first kappa shape index (κ1) is 30.0. The monoisotopic (exact) mass is 572 g/mol. The number of ether oxygens (including phenoxy) is 2. The highest BCUT2D eigenvalue weighted by Gasteiger charge is 2.35. The average molecular weight is 573 g/mol. The summed E-state index contributed by atoms with van der Waals surface area (Å²) in [6.45, 7) is 8.13. The molecule has 4 amide bonds. The van der Waals surface area contributed by atoms with E-state index in [0.717, 1.165) is 0 Å². The minimum absolute atomic E-state index is 0.136. The van der Waals surface area contributed by atoms with Crippen LogP contribution in [0, 0.1) is 0 Å². The Balaban J connectivity index is 1.51. The van der Waals surface area contributed by atoms with Gasteiger partial charge in [-0.05, 0) is 100 Å². The number of benzene rings is 2. The van der Waals surface area contributed by atoms with E-state index in [1.807, 2.05) is 13.8 Å². The van der Waals surface area contributed by atoms with Gasteiger partial charge >= 0.3 is 0 Å². The van der Waals surface area contributed by atoms with Gasteiger partial charge in [0.05, 0.1) is 24.6 Å². The summed E-state index contributed by atoms with van der Waals surface area (Å²) in [5, 5.41) is 21.3. The molecule has 0 radical (unpaired) electrons. The maximum atomic E-state index is 12.7. The summed E-state index contributed by atoms with van der Waals surface area (Å²) in [5.74, 6) is -0.892. The first-order valence-corrected chi connectivity index (χ1v) is 13.6. The number of carbonyl (C=O) groups is 4. The molecular formula is C30H32N6O6. The van der Waals surface area contributed by atoms with Gasteiger partial charge in [-0.3, -0.25) is 29.8 Å². The SMILES string of the molecule is CCOc1ccc(N=NC2C(=O)NC(=O)C(CCC3=C(C)C(N=Nc4ccc(OCC)cc4)C(=O)NC3=O)=C2C)cc1. The third-order valence-corrected chi connectivity index (χ3v) is 6.79. The fraction of sp³-hybridized carbons (Fsp3) is 0.333. The highest BCUT2D eigenvalue weighted by molar-refractivity contribution is 6.12. The third-order valence-electron chi connectivity index (χ3n) is 6.79. The fourth-order valence-electron chi connectivity index (χ4n) is 4.54. The number of hydrogen-bond acceptors (Lipinski definition) is 10. The van der Waals surface area contributed by atoms with Gasteiger partial charge < -0.3 is 9.47 Å². The van der Waals surface area contributed by atoms with Crippen molar-refractivity contribution in [2.45, 2.75) is 52.6 Å². The lowest BCUT2D eigenvalue weighted by Crippen LogP contribution is -2.45. The lowest BCUT2D eigenvalue weighted by molar-refractivity contribution is -0.131. The lowest BCUT2D eigenvalue weighted by atomic mass is 9.89. The van der Waals surface area contributed by atoms with Gasteiger partial charge in [0.25, 0.3) is 23.6 Å². The van der Waals surface area contributed by atoms with Crippen LogP contribution in [0.3, 0.4) is 0 Å². The highest BCUT2D eigenvalue weighted by Crippen LogP contribution is 2.29. The van der Waals surface area contributed by atoms with E-state index in [0.29, 0.717) is 58.4 Å². The normalized spacial score (nSPS) is 19.5. The Kier molecular flexibility index (Phi) is 9.69. The Bertz CT molecular complexity index is 1380. The van der Waals surface area contributed by atoms with Crippen LogP contribution in [0.1, 0.15) is 40.5 Å². The fourth-order valence-corrected chi connectivity index (χ4v) is 4.54. The van der Waals surface area contributed by atoms with Crippen molar-refractivity contribution in [1.29, 1.82) is 0 Å². The molecule has 0 saturated carbocycles. The van der Waals surface area contributed by atoms with E-state index in [9.17, 15) is 19.2 Å². The molecule has 4 rings (SSSR count). The summed E-state index contributed by atoms with van der Waals surface area (Å²) in [4.78, 5) is 50.6. The second-order valence-electron chi connectivity index (χ2n) is 9.55. The second kappa shape index (κ2) is 13.6. The zero-order valence-electron chi connectivity index (χ0n) is 23.8. The van der Waals surface area contributed by atoms with Crippen LogP contribution >= 0.6 is 0 Å². The van der Waals surface area contributed by atoms with Crippen LogP contribution in [-0.4, -0.2) is 48.9 Å². The summed E-state index contributed by atoms with van der Waals surface area (Å²) in [7, 11) is 0. The van der Waals surface area contributed by atoms with E-state index >= 15 is 0 Å². The molecule has 2 aromatic carbocycles. The van der Waals surface area contributed by atoms with Crippen molar-refractivity contribution in [2.24, 2.45) is 20.5 Å². The van der Waals surface area contributed by atoms with Gasteiger partial charge in [0.15, 0.2) is 12.1 Å². The van der Waals surface area contributed by atoms with Crippen molar-refractivity contribution in [3.63, 3.8) is 0 Å².